The summed E-state index contributed by atoms with van der Waals surface area (Å²) >= 11 is 0. The summed E-state index contributed by atoms with van der Waals surface area (Å²) in [5.74, 6) is 0.425. The molecule has 132 valence electrons. The number of anilines is 1. The Morgan fingerprint density at radius 3 is 2.58 bits per heavy atom. The number of aromatic nitrogens is 1. The van der Waals surface area contributed by atoms with Crippen molar-refractivity contribution in [2.75, 3.05) is 38.2 Å². The van der Waals surface area contributed by atoms with Crippen molar-refractivity contribution in [3.8, 4) is 0 Å². The van der Waals surface area contributed by atoms with Gasteiger partial charge in [0.1, 0.15) is 11.4 Å². The maximum absolute atomic E-state index is 12.0. The number of nitrogens with one attached hydrogen (secondary N) is 1. The lowest BCUT2D eigenvalue weighted by Crippen LogP contribution is -2.55. The molecule has 1 aliphatic carbocycles. The highest BCUT2D eigenvalue weighted by Gasteiger charge is 2.25. The first-order chi connectivity index (χ1) is 11.7. The Kier molecular flexibility index (Phi) is 5.68. The van der Waals surface area contributed by atoms with Gasteiger partial charge in [-0.05, 0) is 31.4 Å². The first-order valence-electron chi connectivity index (χ1n) is 8.98. The number of nitrogens with zero attached hydrogens (tertiary/aromatic N) is 3. The van der Waals surface area contributed by atoms with Gasteiger partial charge in [0.15, 0.2) is 0 Å². The number of pyridine rings is 1. The van der Waals surface area contributed by atoms with Gasteiger partial charge in [-0.3, -0.25) is 5.43 Å². The van der Waals surface area contributed by atoms with Crippen LogP contribution >= 0.6 is 0 Å². The van der Waals surface area contributed by atoms with Crippen LogP contribution in [0.4, 0.5) is 5.82 Å². The predicted molar refractivity (Wildman–Crippen MR) is 94.1 cm³/mol. The maximum atomic E-state index is 12.0. The van der Waals surface area contributed by atoms with Gasteiger partial charge >= 0.3 is 5.97 Å². The van der Waals surface area contributed by atoms with E-state index in [-0.39, 0.29) is 5.97 Å². The third-order valence-corrected chi connectivity index (χ3v) is 4.96. The summed E-state index contributed by atoms with van der Waals surface area (Å²) in [4.78, 5) is 18.7. The minimum atomic E-state index is -0.316. The largest absolute Gasteiger partial charge is 0.465 e. The molecule has 1 aromatic rings. The monoisotopic (exact) mass is 332 g/mol. The molecule has 6 heteroatoms. The second-order valence-electron chi connectivity index (χ2n) is 6.81. The fraction of sp³-hybridized carbons (Fsp3) is 0.667. The van der Waals surface area contributed by atoms with Gasteiger partial charge in [-0.15, -0.1) is 0 Å². The van der Waals surface area contributed by atoms with Gasteiger partial charge in [-0.2, -0.15) is 0 Å². The minimum absolute atomic E-state index is 0.316. The molecule has 0 aromatic carbocycles. The van der Waals surface area contributed by atoms with Gasteiger partial charge < -0.3 is 9.64 Å². The Bertz CT molecular complexity index is 564. The molecule has 3 rings (SSSR count). The van der Waals surface area contributed by atoms with Crippen LogP contribution in [0.25, 0.3) is 0 Å². The predicted octanol–water partition coefficient (Wildman–Crippen LogP) is 2.14. The lowest BCUT2D eigenvalue weighted by molar-refractivity contribution is 0.0600. The Balaban J connectivity index is 1.61. The fourth-order valence-corrected chi connectivity index (χ4v) is 3.61. The lowest BCUT2D eigenvalue weighted by atomic mass is 9.96. The van der Waals surface area contributed by atoms with E-state index in [0.717, 1.165) is 37.6 Å². The van der Waals surface area contributed by atoms with E-state index < -0.39 is 0 Å². The van der Waals surface area contributed by atoms with Crippen molar-refractivity contribution in [3.63, 3.8) is 0 Å². The zero-order valence-corrected chi connectivity index (χ0v) is 14.8. The van der Waals surface area contributed by atoms with E-state index >= 15 is 0 Å². The second-order valence-corrected chi connectivity index (χ2v) is 6.81. The maximum Gasteiger partial charge on any atom is 0.341 e. The Morgan fingerprint density at radius 2 is 1.92 bits per heavy atom. The number of carbonyl (C=O) groups excluding carboxylic acids is 1. The summed E-state index contributed by atoms with van der Waals surface area (Å²) in [6.45, 7) is 5.54. The zero-order valence-electron chi connectivity index (χ0n) is 14.8. The van der Waals surface area contributed by atoms with Crippen LogP contribution in [0.15, 0.2) is 12.3 Å². The highest BCUT2D eigenvalue weighted by Crippen LogP contribution is 2.22. The number of hydrogen-bond donors (Lipinski definition) is 1. The number of carbonyl (C=O) groups is 1. The van der Waals surface area contributed by atoms with Crippen molar-refractivity contribution in [1.82, 2.24) is 15.4 Å². The highest BCUT2D eigenvalue weighted by molar-refractivity contribution is 5.95. The van der Waals surface area contributed by atoms with Crippen LogP contribution in [0.2, 0.25) is 0 Å². The number of esters is 1. The molecule has 6 nitrogen and oxygen atoms in total. The van der Waals surface area contributed by atoms with Gasteiger partial charge in [0.2, 0.25) is 0 Å². The lowest BCUT2D eigenvalue weighted by Gasteiger charge is -2.38. The van der Waals surface area contributed by atoms with Gasteiger partial charge in [0.25, 0.3) is 0 Å². The summed E-state index contributed by atoms with van der Waals surface area (Å²) in [5, 5.41) is 2.33. The molecule has 2 heterocycles. The van der Waals surface area contributed by atoms with Crippen molar-refractivity contribution in [3.05, 3.63) is 23.4 Å². The van der Waals surface area contributed by atoms with Gasteiger partial charge in [0, 0.05) is 38.4 Å². The number of methoxy groups -OCH3 is 1. The molecule has 0 amide bonds. The van der Waals surface area contributed by atoms with Crippen molar-refractivity contribution in [2.45, 2.75) is 45.1 Å². The third kappa shape index (κ3) is 4.05. The Hall–Kier alpha value is -1.66. The van der Waals surface area contributed by atoms with E-state index in [2.05, 4.69) is 20.3 Å². The molecule has 2 aliphatic rings. The van der Waals surface area contributed by atoms with Crippen molar-refractivity contribution in [2.24, 2.45) is 0 Å². The molecule has 1 N–H and O–H groups in total. The van der Waals surface area contributed by atoms with Gasteiger partial charge in [-0.25, -0.2) is 14.8 Å². The molecule has 0 atom stereocenters. The van der Waals surface area contributed by atoms with Crippen molar-refractivity contribution in [1.29, 1.82) is 0 Å². The number of piperazine rings is 1. The Morgan fingerprint density at radius 1 is 1.21 bits per heavy atom. The van der Waals surface area contributed by atoms with Crippen LogP contribution in [0.1, 0.15) is 48.0 Å². The summed E-state index contributed by atoms with van der Waals surface area (Å²) in [7, 11) is 1.42. The van der Waals surface area contributed by atoms with Crippen molar-refractivity contribution < 1.29 is 9.53 Å². The minimum Gasteiger partial charge on any atom is -0.465 e. The van der Waals surface area contributed by atoms with E-state index in [0.29, 0.717) is 11.6 Å². The molecule has 1 saturated heterocycles. The third-order valence-electron chi connectivity index (χ3n) is 4.96. The second kappa shape index (κ2) is 7.94. The number of aryl methyl sites for hydroxylation is 1. The fourth-order valence-electron chi connectivity index (χ4n) is 3.61. The SMILES string of the molecule is COC(=O)c1cc(C)cnc1N1CCN(NC2CCCCC2)CC1. The normalized spacial score (nSPS) is 20.2. The molecule has 0 radical (unpaired) electrons. The summed E-state index contributed by atoms with van der Waals surface area (Å²) < 4.78 is 4.92. The molecular formula is C18H28N4O2. The molecule has 0 spiro atoms. The van der Waals surface area contributed by atoms with E-state index in [1.807, 2.05) is 19.2 Å². The average Bonchev–Trinajstić information content (AvgIpc) is 2.62. The molecule has 1 saturated carbocycles. The summed E-state index contributed by atoms with van der Waals surface area (Å²) in [6, 6.07) is 2.49. The molecule has 1 aliphatic heterocycles. The van der Waals surface area contributed by atoms with E-state index in [1.165, 1.54) is 39.2 Å². The van der Waals surface area contributed by atoms with E-state index in [1.54, 1.807) is 0 Å². The smallest absolute Gasteiger partial charge is 0.341 e. The molecule has 0 bridgehead atoms. The van der Waals surface area contributed by atoms with Gasteiger partial charge in [-0.1, -0.05) is 19.3 Å². The quantitative estimate of drug-likeness (QED) is 0.853. The standard InChI is InChI=1S/C18H28N4O2/c1-14-12-16(18(23)24-2)17(19-13-14)21-8-10-22(11-9-21)20-15-6-4-3-5-7-15/h12-13,15,20H,3-11H2,1-2H3. The highest BCUT2D eigenvalue weighted by atomic mass is 16.5. The van der Waals surface area contributed by atoms with Crippen LogP contribution in [-0.2, 0) is 4.74 Å². The Labute approximate surface area is 144 Å². The van der Waals surface area contributed by atoms with Gasteiger partial charge in [0.05, 0.1) is 7.11 Å². The number of hydrazine groups is 1. The number of ether oxygens (including phenoxy) is 1. The van der Waals surface area contributed by atoms with E-state index in [9.17, 15) is 4.79 Å². The van der Waals surface area contributed by atoms with Crippen LogP contribution in [0.3, 0.4) is 0 Å². The first kappa shape index (κ1) is 17.2. The number of hydrogen-bond acceptors (Lipinski definition) is 6. The first-order valence-corrected chi connectivity index (χ1v) is 8.98. The topological polar surface area (TPSA) is 57.7 Å². The van der Waals surface area contributed by atoms with Crippen LogP contribution in [0.5, 0.6) is 0 Å². The van der Waals surface area contributed by atoms with E-state index in [4.69, 9.17) is 4.74 Å². The zero-order chi connectivity index (χ0) is 16.9. The van der Waals surface area contributed by atoms with Crippen LogP contribution in [-0.4, -0.2) is 55.3 Å². The molecule has 0 unspecified atom stereocenters. The van der Waals surface area contributed by atoms with Crippen LogP contribution < -0.4 is 10.3 Å². The number of rotatable bonds is 4. The molecule has 2 fully saturated rings. The molecular weight excluding hydrogens is 304 g/mol. The molecule has 24 heavy (non-hydrogen) atoms. The summed E-state index contributed by atoms with van der Waals surface area (Å²) in [6.07, 6.45) is 8.44. The van der Waals surface area contributed by atoms with Crippen LogP contribution in [0, 0.1) is 6.92 Å². The summed E-state index contributed by atoms with van der Waals surface area (Å²) in [5.41, 5.74) is 5.21. The average molecular weight is 332 g/mol. The van der Waals surface area contributed by atoms with Crippen molar-refractivity contribution >= 4 is 11.8 Å². The molecule has 1 aromatic heterocycles.